The Morgan fingerprint density at radius 2 is 1.87 bits per heavy atom. The Bertz CT molecular complexity index is 622. The Hall–Kier alpha value is -1.46. The van der Waals surface area contributed by atoms with E-state index in [1.54, 1.807) is 4.90 Å². The van der Waals surface area contributed by atoms with Crippen LogP contribution in [0.1, 0.15) is 77.6 Å². The van der Waals surface area contributed by atoms with Crippen molar-refractivity contribution in [3.8, 4) is 5.75 Å². The number of piperidine rings is 1. The van der Waals surface area contributed by atoms with Gasteiger partial charge in [0.05, 0.1) is 19.7 Å². The first-order valence-corrected chi connectivity index (χ1v) is 11.8. The number of amides is 1. The summed E-state index contributed by atoms with van der Waals surface area (Å²) < 4.78 is 11.7. The Kier molecular flexibility index (Phi) is 11.4. The largest absolute Gasteiger partial charge is 1.00 e. The summed E-state index contributed by atoms with van der Waals surface area (Å²) >= 11 is 0. The average molecular weight is 439 g/mol. The van der Waals surface area contributed by atoms with E-state index in [1.165, 1.54) is 64.5 Å². The summed E-state index contributed by atoms with van der Waals surface area (Å²) in [5.41, 5.74) is 0.735. The van der Waals surface area contributed by atoms with Crippen molar-refractivity contribution >= 4 is 11.8 Å². The van der Waals surface area contributed by atoms with Crippen LogP contribution in [0.3, 0.4) is 0 Å². The molecule has 0 bridgehead atoms. The van der Waals surface area contributed by atoms with E-state index in [9.17, 15) is 4.79 Å². The third kappa shape index (κ3) is 7.99. The molecule has 1 heterocycles. The minimum Gasteiger partial charge on any atom is -1.00 e. The van der Waals surface area contributed by atoms with Gasteiger partial charge in [0.2, 0.25) is 0 Å². The quantitative estimate of drug-likeness (QED) is 0.575. The molecule has 0 radical (unpaired) electrons. The van der Waals surface area contributed by atoms with Gasteiger partial charge in [-0.05, 0) is 57.1 Å². The Balaban J connectivity index is 0.00000320. The summed E-state index contributed by atoms with van der Waals surface area (Å²) in [6.07, 6.45) is 13.0. The second kappa shape index (κ2) is 13.8. The van der Waals surface area contributed by atoms with Crippen molar-refractivity contribution in [2.24, 2.45) is 0 Å². The maximum Gasteiger partial charge on any atom is 0.412 e. The van der Waals surface area contributed by atoms with E-state index in [1.807, 2.05) is 24.3 Å². The van der Waals surface area contributed by atoms with Gasteiger partial charge in [0.15, 0.2) is 6.10 Å². The fourth-order valence-corrected chi connectivity index (χ4v) is 4.75. The number of benzene rings is 1. The number of carbonyl (C=O) groups is 1. The molecule has 0 unspecified atom stereocenters. The number of quaternary nitrogens is 1. The number of rotatable bonds is 9. The number of hydrogen-bond acceptors (Lipinski definition) is 3. The van der Waals surface area contributed by atoms with Crippen molar-refractivity contribution in [2.75, 3.05) is 25.0 Å². The highest BCUT2D eigenvalue weighted by molar-refractivity contribution is 5.85. The first-order valence-electron chi connectivity index (χ1n) is 11.8. The summed E-state index contributed by atoms with van der Waals surface area (Å²) in [5, 5.41) is 2.91. The van der Waals surface area contributed by atoms with Gasteiger partial charge < -0.3 is 26.8 Å². The molecule has 5 nitrogen and oxygen atoms in total. The van der Waals surface area contributed by atoms with E-state index < -0.39 is 0 Å². The molecule has 1 amide bonds. The fraction of sp³-hybridized carbons (Fsp3) is 0.708. The van der Waals surface area contributed by atoms with Crippen LogP contribution in [-0.2, 0) is 4.74 Å². The van der Waals surface area contributed by atoms with Crippen LogP contribution in [0, 0.1) is 0 Å². The Labute approximate surface area is 188 Å². The van der Waals surface area contributed by atoms with Crippen LogP contribution >= 0.6 is 0 Å². The van der Waals surface area contributed by atoms with Gasteiger partial charge in [-0.2, -0.15) is 0 Å². The summed E-state index contributed by atoms with van der Waals surface area (Å²) in [7, 11) is 0. The second-order valence-electron chi connectivity index (χ2n) is 8.62. The number of anilines is 1. The summed E-state index contributed by atoms with van der Waals surface area (Å²) in [4.78, 5) is 14.2. The standard InChI is InChI=1S/C24H38N2O3.ClH/c1-2-3-4-10-18-28-21-13-11-12-20(19-21)25-24(27)29-23-15-7-6-14-22(23)26-16-8-5-9-17-26;/h11-13,19,22-23H,2-10,14-18H2,1H3,(H,25,27);1H/t22-,23-;/m0./s1. The lowest BCUT2D eigenvalue weighted by molar-refractivity contribution is -0.934. The molecule has 0 spiro atoms. The molecule has 2 N–H and O–H groups in total. The van der Waals surface area contributed by atoms with Gasteiger partial charge in [-0.15, -0.1) is 0 Å². The monoisotopic (exact) mass is 438 g/mol. The summed E-state index contributed by atoms with van der Waals surface area (Å²) in [6, 6.07) is 8.09. The molecular formula is C24H39ClN2O3. The van der Waals surface area contributed by atoms with E-state index in [4.69, 9.17) is 9.47 Å². The number of carbonyl (C=O) groups excluding carboxylic acids is 1. The van der Waals surface area contributed by atoms with Gasteiger partial charge in [0, 0.05) is 18.2 Å². The van der Waals surface area contributed by atoms with Crippen molar-refractivity contribution in [3.05, 3.63) is 24.3 Å². The lowest BCUT2D eigenvalue weighted by Crippen LogP contribution is -3.17. The number of likely N-dealkylation sites (tertiary alicyclic amines) is 1. The average Bonchev–Trinajstić information content (AvgIpc) is 2.75. The Morgan fingerprint density at radius 1 is 1.07 bits per heavy atom. The molecule has 1 saturated carbocycles. The molecule has 1 aliphatic carbocycles. The van der Waals surface area contributed by atoms with Crippen molar-refractivity contribution < 1.29 is 31.6 Å². The highest BCUT2D eigenvalue weighted by atomic mass is 35.5. The molecule has 30 heavy (non-hydrogen) atoms. The normalized spacial score (nSPS) is 22.0. The summed E-state index contributed by atoms with van der Waals surface area (Å²) in [5.74, 6) is 0.799. The van der Waals surface area contributed by atoms with Crippen molar-refractivity contribution in [1.82, 2.24) is 0 Å². The topological polar surface area (TPSA) is 52.0 Å². The third-order valence-corrected chi connectivity index (χ3v) is 6.33. The van der Waals surface area contributed by atoms with Crippen LogP contribution in [-0.4, -0.2) is 37.9 Å². The molecule has 2 aliphatic rings. The van der Waals surface area contributed by atoms with Crippen molar-refractivity contribution in [2.45, 2.75) is 89.7 Å². The van der Waals surface area contributed by atoms with Crippen LogP contribution in [0.15, 0.2) is 24.3 Å². The highest BCUT2D eigenvalue weighted by Gasteiger charge is 2.36. The number of unbranched alkanes of at least 4 members (excludes halogenated alkanes) is 3. The molecule has 6 heteroatoms. The van der Waals surface area contributed by atoms with Gasteiger partial charge in [0.1, 0.15) is 11.8 Å². The van der Waals surface area contributed by atoms with E-state index in [2.05, 4.69) is 12.2 Å². The molecule has 1 aromatic rings. The van der Waals surface area contributed by atoms with Gasteiger partial charge in [-0.3, -0.25) is 5.32 Å². The van der Waals surface area contributed by atoms with Crippen molar-refractivity contribution in [1.29, 1.82) is 0 Å². The zero-order valence-electron chi connectivity index (χ0n) is 18.5. The summed E-state index contributed by atoms with van der Waals surface area (Å²) in [6.45, 7) is 5.38. The highest BCUT2D eigenvalue weighted by Crippen LogP contribution is 2.22. The van der Waals surface area contributed by atoms with Crippen LogP contribution in [0.5, 0.6) is 5.75 Å². The van der Waals surface area contributed by atoms with E-state index in [-0.39, 0.29) is 24.6 Å². The first-order chi connectivity index (χ1) is 14.3. The fourth-order valence-electron chi connectivity index (χ4n) is 4.75. The maximum absolute atomic E-state index is 12.6. The van der Waals surface area contributed by atoms with Crippen LogP contribution in [0.2, 0.25) is 0 Å². The number of nitrogens with one attached hydrogen (secondary N) is 2. The Morgan fingerprint density at radius 3 is 2.67 bits per heavy atom. The number of ether oxygens (including phenoxy) is 2. The minimum atomic E-state index is -0.335. The zero-order valence-corrected chi connectivity index (χ0v) is 19.2. The molecule has 2 atom stereocenters. The van der Waals surface area contributed by atoms with Crippen LogP contribution in [0.4, 0.5) is 10.5 Å². The zero-order chi connectivity index (χ0) is 20.3. The third-order valence-electron chi connectivity index (χ3n) is 6.33. The molecule has 3 rings (SSSR count). The maximum atomic E-state index is 12.6. The van der Waals surface area contributed by atoms with E-state index >= 15 is 0 Å². The van der Waals surface area contributed by atoms with Crippen LogP contribution < -0.4 is 27.4 Å². The molecule has 170 valence electrons. The smallest absolute Gasteiger partial charge is 0.412 e. The van der Waals surface area contributed by atoms with Gasteiger partial charge >= 0.3 is 6.09 Å². The molecular weight excluding hydrogens is 400 g/mol. The predicted octanol–water partition coefficient (Wildman–Crippen LogP) is 1.58. The first kappa shape index (κ1) is 24.8. The molecule has 1 saturated heterocycles. The lowest BCUT2D eigenvalue weighted by atomic mass is 9.90. The molecule has 2 fully saturated rings. The van der Waals surface area contributed by atoms with Gasteiger partial charge in [0.25, 0.3) is 0 Å². The number of halogens is 1. The number of hydrogen-bond donors (Lipinski definition) is 2. The SMILES string of the molecule is CCCCCCOc1cccc(NC(=O)O[C@H]2CCCC[C@@H]2[NH+]2CCCCC2)c1.[Cl-]. The predicted molar refractivity (Wildman–Crippen MR) is 117 cm³/mol. The van der Waals surface area contributed by atoms with E-state index in [0.29, 0.717) is 6.04 Å². The minimum absolute atomic E-state index is 0. The molecule has 1 aliphatic heterocycles. The van der Waals surface area contributed by atoms with Crippen LogP contribution in [0.25, 0.3) is 0 Å². The van der Waals surface area contributed by atoms with Gasteiger partial charge in [-0.1, -0.05) is 32.3 Å². The van der Waals surface area contributed by atoms with E-state index in [0.717, 1.165) is 37.3 Å². The molecule has 0 aromatic heterocycles. The second-order valence-corrected chi connectivity index (χ2v) is 8.62. The lowest BCUT2D eigenvalue weighted by Gasteiger charge is -2.38. The molecule has 1 aromatic carbocycles. The van der Waals surface area contributed by atoms with Gasteiger partial charge in [-0.25, -0.2) is 4.79 Å². The van der Waals surface area contributed by atoms with Crippen molar-refractivity contribution in [3.63, 3.8) is 0 Å².